The fraction of sp³-hybridized carbons (Fsp3) is 0.278. The van der Waals surface area contributed by atoms with Gasteiger partial charge in [0.05, 0.1) is 6.04 Å². The van der Waals surface area contributed by atoms with E-state index in [1.807, 2.05) is 31.2 Å². The van der Waals surface area contributed by atoms with Crippen molar-refractivity contribution < 1.29 is 4.79 Å². The molecular weight excluding hydrogens is 373 g/mol. The number of fused-ring (bicyclic) bond motifs is 1. The van der Waals surface area contributed by atoms with Crippen LogP contribution in [0.3, 0.4) is 0 Å². The maximum atomic E-state index is 12.3. The van der Waals surface area contributed by atoms with Gasteiger partial charge in [-0.15, -0.1) is 0 Å². The third kappa shape index (κ3) is 3.28. The topological polar surface area (TPSA) is 29.1 Å². The Kier molecular flexibility index (Phi) is 4.29. The smallest absolute Gasteiger partial charge is 0.251 e. The molecule has 2 aromatic carbocycles. The van der Waals surface area contributed by atoms with Gasteiger partial charge >= 0.3 is 0 Å². The number of hydrogen-bond donors (Lipinski definition) is 1. The SMILES string of the molecule is C[C@H](NC(=O)c1ccc(I)cc1)c1ccc2c(c1)CCC2. The summed E-state index contributed by atoms with van der Waals surface area (Å²) in [4.78, 5) is 12.3. The van der Waals surface area contributed by atoms with Crippen LogP contribution in [0.1, 0.15) is 46.4 Å². The van der Waals surface area contributed by atoms with E-state index < -0.39 is 0 Å². The van der Waals surface area contributed by atoms with Crippen molar-refractivity contribution >= 4 is 28.5 Å². The third-order valence-electron chi connectivity index (χ3n) is 4.08. The van der Waals surface area contributed by atoms with Crippen molar-refractivity contribution in [1.82, 2.24) is 5.32 Å². The van der Waals surface area contributed by atoms with Gasteiger partial charge in [-0.1, -0.05) is 18.2 Å². The van der Waals surface area contributed by atoms with Crippen LogP contribution in [-0.2, 0) is 12.8 Å². The Morgan fingerprint density at radius 1 is 1.10 bits per heavy atom. The van der Waals surface area contributed by atoms with Gasteiger partial charge in [-0.2, -0.15) is 0 Å². The lowest BCUT2D eigenvalue weighted by atomic mass is 10.0. The second-order valence-corrected chi connectivity index (χ2v) is 6.83. The van der Waals surface area contributed by atoms with Crippen LogP contribution in [-0.4, -0.2) is 5.91 Å². The van der Waals surface area contributed by atoms with Crippen LogP contribution in [0.15, 0.2) is 42.5 Å². The van der Waals surface area contributed by atoms with Gasteiger partial charge in [0.1, 0.15) is 0 Å². The lowest BCUT2D eigenvalue weighted by molar-refractivity contribution is 0.0940. The molecule has 0 bridgehead atoms. The molecule has 1 N–H and O–H groups in total. The fourth-order valence-electron chi connectivity index (χ4n) is 2.83. The molecule has 1 aliphatic rings. The first-order valence-electron chi connectivity index (χ1n) is 7.31. The largest absolute Gasteiger partial charge is 0.346 e. The first-order chi connectivity index (χ1) is 10.1. The molecule has 3 rings (SSSR count). The van der Waals surface area contributed by atoms with Crippen molar-refractivity contribution in [3.05, 3.63) is 68.3 Å². The number of benzene rings is 2. The van der Waals surface area contributed by atoms with Crippen molar-refractivity contribution in [2.45, 2.75) is 32.2 Å². The van der Waals surface area contributed by atoms with Crippen molar-refractivity contribution in [3.63, 3.8) is 0 Å². The van der Waals surface area contributed by atoms with Gasteiger partial charge in [0.2, 0.25) is 0 Å². The molecule has 0 unspecified atom stereocenters. The van der Waals surface area contributed by atoms with Gasteiger partial charge in [-0.05, 0) is 89.7 Å². The standard InChI is InChI=1S/C18H18INO/c1-12(15-6-5-13-3-2-4-16(13)11-15)20-18(21)14-7-9-17(19)10-8-14/h5-12H,2-4H2,1H3,(H,20,21)/t12-/m0/s1. The summed E-state index contributed by atoms with van der Waals surface area (Å²) in [6, 6.07) is 14.3. The fourth-order valence-corrected chi connectivity index (χ4v) is 3.19. The Morgan fingerprint density at radius 2 is 1.81 bits per heavy atom. The van der Waals surface area contributed by atoms with Gasteiger partial charge in [-0.25, -0.2) is 0 Å². The molecule has 0 aromatic heterocycles. The molecule has 2 nitrogen and oxygen atoms in total. The quantitative estimate of drug-likeness (QED) is 0.778. The number of rotatable bonds is 3. The average Bonchev–Trinajstić information content (AvgIpc) is 2.95. The number of nitrogens with one attached hydrogen (secondary N) is 1. The highest BCUT2D eigenvalue weighted by molar-refractivity contribution is 14.1. The molecule has 108 valence electrons. The molecule has 1 atom stereocenters. The van der Waals surface area contributed by atoms with Gasteiger partial charge < -0.3 is 5.32 Å². The summed E-state index contributed by atoms with van der Waals surface area (Å²) in [6.07, 6.45) is 3.61. The highest BCUT2D eigenvalue weighted by Gasteiger charge is 2.15. The van der Waals surface area contributed by atoms with Crippen LogP contribution in [0.5, 0.6) is 0 Å². The molecule has 1 amide bonds. The Morgan fingerprint density at radius 3 is 2.57 bits per heavy atom. The molecule has 0 radical (unpaired) electrons. The van der Waals surface area contributed by atoms with E-state index in [0.717, 1.165) is 3.57 Å². The zero-order chi connectivity index (χ0) is 14.8. The molecule has 0 saturated heterocycles. The van der Waals surface area contributed by atoms with E-state index in [2.05, 4.69) is 46.1 Å². The molecule has 0 saturated carbocycles. The van der Waals surface area contributed by atoms with Crippen molar-refractivity contribution in [1.29, 1.82) is 0 Å². The minimum Gasteiger partial charge on any atom is -0.346 e. The number of carbonyl (C=O) groups is 1. The number of hydrogen-bond acceptors (Lipinski definition) is 1. The molecular formula is C18H18INO. The first-order valence-corrected chi connectivity index (χ1v) is 8.39. The van der Waals surface area contributed by atoms with E-state index in [0.29, 0.717) is 5.56 Å². The molecule has 0 heterocycles. The lowest BCUT2D eigenvalue weighted by Gasteiger charge is -2.15. The lowest BCUT2D eigenvalue weighted by Crippen LogP contribution is -2.26. The second-order valence-electron chi connectivity index (χ2n) is 5.58. The van der Waals surface area contributed by atoms with Gasteiger partial charge in [0, 0.05) is 9.13 Å². The summed E-state index contributed by atoms with van der Waals surface area (Å²) < 4.78 is 1.14. The van der Waals surface area contributed by atoms with Crippen LogP contribution in [0.4, 0.5) is 0 Å². The van der Waals surface area contributed by atoms with E-state index in [1.165, 1.54) is 36.0 Å². The highest BCUT2D eigenvalue weighted by atomic mass is 127. The summed E-state index contributed by atoms with van der Waals surface area (Å²) in [5, 5.41) is 3.08. The van der Waals surface area contributed by atoms with E-state index in [4.69, 9.17) is 0 Å². The van der Waals surface area contributed by atoms with Crippen LogP contribution in [0, 0.1) is 3.57 Å². The summed E-state index contributed by atoms with van der Waals surface area (Å²) >= 11 is 2.24. The van der Waals surface area contributed by atoms with Crippen molar-refractivity contribution in [2.24, 2.45) is 0 Å². The third-order valence-corrected chi connectivity index (χ3v) is 4.80. The summed E-state index contributed by atoms with van der Waals surface area (Å²) in [5.41, 5.74) is 4.82. The van der Waals surface area contributed by atoms with Crippen LogP contribution < -0.4 is 5.32 Å². The molecule has 0 aliphatic heterocycles. The average molecular weight is 391 g/mol. The molecule has 0 fully saturated rings. The van der Waals surface area contributed by atoms with Crippen LogP contribution in [0.25, 0.3) is 0 Å². The number of halogens is 1. The molecule has 1 aliphatic carbocycles. The molecule has 2 aromatic rings. The number of aryl methyl sites for hydroxylation is 2. The monoisotopic (exact) mass is 391 g/mol. The Bertz CT molecular complexity index is 663. The Balaban J connectivity index is 1.72. The zero-order valence-electron chi connectivity index (χ0n) is 12.0. The molecule has 21 heavy (non-hydrogen) atoms. The maximum absolute atomic E-state index is 12.3. The summed E-state index contributed by atoms with van der Waals surface area (Å²) in [7, 11) is 0. The van der Waals surface area contributed by atoms with E-state index in [-0.39, 0.29) is 11.9 Å². The maximum Gasteiger partial charge on any atom is 0.251 e. The molecule has 3 heteroatoms. The van der Waals surface area contributed by atoms with Crippen LogP contribution in [0.2, 0.25) is 0 Å². The number of carbonyl (C=O) groups excluding carboxylic acids is 1. The predicted octanol–water partition coefficient (Wildman–Crippen LogP) is 4.27. The first kappa shape index (κ1) is 14.6. The Hall–Kier alpha value is -1.36. The minimum absolute atomic E-state index is 0.0144. The predicted molar refractivity (Wildman–Crippen MR) is 93.5 cm³/mol. The van der Waals surface area contributed by atoms with Crippen LogP contribution >= 0.6 is 22.6 Å². The van der Waals surface area contributed by atoms with Gasteiger partial charge in [-0.3, -0.25) is 4.79 Å². The normalized spacial score (nSPS) is 14.6. The Labute approximate surface area is 139 Å². The number of amides is 1. The van der Waals surface area contributed by atoms with E-state index in [1.54, 1.807) is 0 Å². The summed E-state index contributed by atoms with van der Waals surface area (Å²) in [5.74, 6) is -0.0144. The van der Waals surface area contributed by atoms with Gasteiger partial charge in [0.25, 0.3) is 5.91 Å². The molecule has 0 spiro atoms. The summed E-state index contributed by atoms with van der Waals surface area (Å²) in [6.45, 7) is 2.04. The zero-order valence-corrected chi connectivity index (χ0v) is 14.2. The van der Waals surface area contributed by atoms with E-state index >= 15 is 0 Å². The van der Waals surface area contributed by atoms with E-state index in [9.17, 15) is 4.79 Å². The minimum atomic E-state index is -0.0144. The van der Waals surface area contributed by atoms with Gasteiger partial charge in [0.15, 0.2) is 0 Å². The second kappa shape index (κ2) is 6.18. The highest BCUT2D eigenvalue weighted by Crippen LogP contribution is 2.25. The van der Waals surface area contributed by atoms with Crippen molar-refractivity contribution in [3.8, 4) is 0 Å². The van der Waals surface area contributed by atoms with Crippen molar-refractivity contribution in [2.75, 3.05) is 0 Å².